The molecule has 2 N–H and O–H groups in total. The van der Waals surface area contributed by atoms with Crippen LogP contribution in [0.15, 0.2) is 24.3 Å². The number of hydrogen-bond acceptors (Lipinski definition) is 3. The molecule has 0 saturated heterocycles. The first kappa shape index (κ1) is 12.0. The minimum Gasteiger partial charge on any atom is -0.550 e. The largest absolute Gasteiger partial charge is 0.550 e. The van der Waals surface area contributed by atoms with E-state index in [1.807, 2.05) is 12.1 Å². The fourth-order valence-electron chi connectivity index (χ4n) is 2.70. The van der Waals surface area contributed by atoms with Gasteiger partial charge >= 0.3 is 0 Å². The van der Waals surface area contributed by atoms with Crippen LogP contribution in [0.2, 0.25) is 0 Å². The zero-order valence-corrected chi connectivity index (χ0v) is 9.89. The summed E-state index contributed by atoms with van der Waals surface area (Å²) in [4.78, 5) is 10.5. The lowest BCUT2D eigenvalue weighted by molar-refractivity contribution is -0.307. The Labute approximate surface area is 102 Å². The summed E-state index contributed by atoms with van der Waals surface area (Å²) in [6, 6.07) is 8.03. The van der Waals surface area contributed by atoms with Gasteiger partial charge in [-0.25, -0.2) is 0 Å². The summed E-state index contributed by atoms with van der Waals surface area (Å²) in [5.41, 5.74) is 7.78. The van der Waals surface area contributed by atoms with Crippen LogP contribution in [0.3, 0.4) is 0 Å². The normalized spacial score (nSPS) is 24.5. The second-order valence-corrected chi connectivity index (χ2v) is 4.96. The molecule has 17 heavy (non-hydrogen) atoms. The molecule has 1 saturated carbocycles. The minimum absolute atomic E-state index is 0.217. The highest BCUT2D eigenvalue weighted by atomic mass is 16.4. The van der Waals surface area contributed by atoms with Crippen LogP contribution in [0, 0.1) is 5.92 Å². The molecule has 0 spiro atoms. The summed E-state index contributed by atoms with van der Waals surface area (Å²) in [6.45, 7) is 0. The number of benzene rings is 1. The van der Waals surface area contributed by atoms with Crippen LogP contribution >= 0.6 is 0 Å². The summed E-state index contributed by atoms with van der Waals surface area (Å²) in [7, 11) is 0. The molecule has 1 fully saturated rings. The van der Waals surface area contributed by atoms with Crippen LogP contribution in [-0.4, -0.2) is 5.97 Å². The molecule has 3 heteroatoms. The van der Waals surface area contributed by atoms with Gasteiger partial charge in [0.2, 0.25) is 0 Å². The molecule has 92 valence electrons. The molecule has 0 atom stereocenters. The van der Waals surface area contributed by atoms with E-state index in [4.69, 9.17) is 5.73 Å². The summed E-state index contributed by atoms with van der Waals surface area (Å²) in [5, 5.41) is 10.5. The van der Waals surface area contributed by atoms with E-state index in [9.17, 15) is 9.90 Å². The maximum absolute atomic E-state index is 10.5. The molecule has 0 aromatic heterocycles. The third-order valence-electron chi connectivity index (χ3n) is 3.71. The number of anilines is 1. The van der Waals surface area contributed by atoms with Crippen molar-refractivity contribution in [1.82, 2.24) is 0 Å². The Kier molecular flexibility index (Phi) is 3.67. The van der Waals surface area contributed by atoms with Crippen LogP contribution in [0.25, 0.3) is 0 Å². The molecule has 1 aliphatic rings. The van der Waals surface area contributed by atoms with Gasteiger partial charge in [0.25, 0.3) is 0 Å². The molecule has 1 aromatic carbocycles. The van der Waals surface area contributed by atoms with Gasteiger partial charge in [0, 0.05) is 11.7 Å². The first-order valence-electron chi connectivity index (χ1n) is 6.20. The highest BCUT2D eigenvalue weighted by Crippen LogP contribution is 2.36. The van der Waals surface area contributed by atoms with Crippen LogP contribution in [-0.2, 0) is 4.79 Å². The maximum atomic E-state index is 10.5. The standard InChI is InChI=1S/C14H19NO2/c15-13-7-5-12(6-8-13)11-3-1-10(2-4-11)9-14(16)17/h5-8,10-11H,1-4,9,15H2,(H,16,17)/p-1. The van der Waals surface area contributed by atoms with Crippen LogP contribution in [0.4, 0.5) is 5.69 Å². The molecule has 0 unspecified atom stereocenters. The van der Waals surface area contributed by atoms with Crippen molar-refractivity contribution in [2.24, 2.45) is 5.92 Å². The highest BCUT2D eigenvalue weighted by Gasteiger charge is 2.22. The van der Waals surface area contributed by atoms with Crippen molar-refractivity contribution in [3.8, 4) is 0 Å². The fourth-order valence-corrected chi connectivity index (χ4v) is 2.70. The summed E-state index contributed by atoms with van der Waals surface area (Å²) in [6.07, 6.45) is 4.34. The van der Waals surface area contributed by atoms with Crippen molar-refractivity contribution >= 4 is 11.7 Å². The Morgan fingerprint density at radius 3 is 2.29 bits per heavy atom. The van der Waals surface area contributed by atoms with Crippen LogP contribution < -0.4 is 10.8 Å². The molecule has 0 amide bonds. The third kappa shape index (κ3) is 3.22. The van der Waals surface area contributed by atoms with Crippen molar-refractivity contribution in [3.05, 3.63) is 29.8 Å². The van der Waals surface area contributed by atoms with E-state index in [0.29, 0.717) is 11.8 Å². The predicted molar refractivity (Wildman–Crippen MR) is 65.2 cm³/mol. The van der Waals surface area contributed by atoms with Crippen molar-refractivity contribution in [2.75, 3.05) is 5.73 Å². The maximum Gasteiger partial charge on any atom is 0.0417 e. The van der Waals surface area contributed by atoms with Gasteiger partial charge in [-0.15, -0.1) is 0 Å². The van der Waals surface area contributed by atoms with Crippen LogP contribution in [0.5, 0.6) is 0 Å². The summed E-state index contributed by atoms with van der Waals surface area (Å²) < 4.78 is 0. The lowest BCUT2D eigenvalue weighted by Crippen LogP contribution is -2.26. The highest BCUT2D eigenvalue weighted by molar-refractivity contribution is 5.64. The number of carbonyl (C=O) groups excluding carboxylic acids is 1. The number of rotatable bonds is 3. The van der Waals surface area contributed by atoms with E-state index in [1.165, 1.54) is 5.56 Å². The van der Waals surface area contributed by atoms with Gasteiger partial charge in [0.15, 0.2) is 0 Å². The van der Waals surface area contributed by atoms with E-state index in [0.717, 1.165) is 31.4 Å². The molecule has 3 nitrogen and oxygen atoms in total. The topological polar surface area (TPSA) is 66.2 Å². The van der Waals surface area contributed by atoms with Crippen molar-refractivity contribution < 1.29 is 9.90 Å². The number of carbonyl (C=O) groups is 1. The molecule has 0 heterocycles. The van der Waals surface area contributed by atoms with Crippen molar-refractivity contribution in [2.45, 2.75) is 38.0 Å². The number of carboxylic acids is 1. The minimum atomic E-state index is -0.916. The average Bonchev–Trinajstić information content (AvgIpc) is 2.30. The van der Waals surface area contributed by atoms with Crippen LogP contribution in [0.1, 0.15) is 43.6 Å². The van der Waals surface area contributed by atoms with E-state index in [-0.39, 0.29) is 6.42 Å². The quantitative estimate of drug-likeness (QED) is 0.806. The Morgan fingerprint density at radius 1 is 1.18 bits per heavy atom. The first-order valence-corrected chi connectivity index (χ1v) is 6.20. The molecule has 0 radical (unpaired) electrons. The molecular weight excluding hydrogens is 214 g/mol. The zero-order valence-electron chi connectivity index (χ0n) is 9.89. The SMILES string of the molecule is Nc1ccc(C2CCC(CC(=O)[O-])CC2)cc1. The van der Waals surface area contributed by atoms with Gasteiger partial charge in [-0.05, 0) is 61.6 Å². The second kappa shape index (κ2) is 5.21. The van der Waals surface area contributed by atoms with E-state index in [1.54, 1.807) is 0 Å². The number of carboxylic acid groups (broad SMARTS) is 1. The van der Waals surface area contributed by atoms with Gasteiger partial charge in [-0.2, -0.15) is 0 Å². The molecule has 1 aliphatic carbocycles. The van der Waals surface area contributed by atoms with Crippen molar-refractivity contribution in [3.63, 3.8) is 0 Å². The Balaban J connectivity index is 1.90. The fraction of sp³-hybridized carbons (Fsp3) is 0.500. The third-order valence-corrected chi connectivity index (χ3v) is 3.71. The Hall–Kier alpha value is -1.51. The number of nitrogens with two attached hydrogens (primary N) is 1. The predicted octanol–water partition coefficient (Wildman–Crippen LogP) is 1.68. The zero-order chi connectivity index (χ0) is 12.3. The lowest BCUT2D eigenvalue weighted by Gasteiger charge is -2.29. The van der Waals surface area contributed by atoms with E-state index in [2.05, 4.69) is 12.1 Å². The van der Waals surface area contributed by atoms with Gasteiger partial charge in [0.1, 0.15) is 0 Å². The molecule has 2 rings (SSSR count). The smallest absolute Gasteiger partial charge is 0.0417 e. The summed E-state index contributed by atoms with van der Waals surface area (Å²) >= 11 is 0. The van der Waals surface area contributed by atoms with E-state index < -0.39 is 5.97 Å². The first-order chi connectivity index (χ1) is 8.15. The number of aliphatic carboxylic acids is 1. The average molecular weight is 232 g/mol. The van der Waals surface area contributed by atoms with Gasteiger partial charge in [-0.1, -0.05) is 12.1 Å². The van der Waals surface area contributed by atoms with Gasteiger partial charge < -0.3 is 15.6 Å². The van der Waals surface area contributed by atoms with Gasteiger partial charge in [0.05, 0.1) is 0 Å². The molecule has 0 bridgehead atoms. The summed E-state index contributed by atoms with van der Waals surface area (Å²) in [5.74, 6) is -0.0421. The number of nitrogen functional groups attached to an aromatic ring is 1. The van der Waals surface area contributed by atoms with E-state index >= 15 is 0 Å². The van der Waals surface area contributed by atoms with Crippen molar-refractivity contribution in [1.29, 1.82) is 0 Å². The molecular formula is C14H18NO2-. The monoisotopic (exact) mass is 232 g/mol. The van der Waals surface area contributed by atoms with Gasteiger partial charge in [-0.3, -0.25) is 0 Å². The number of hydrogen-bond donors (Lipinski definition) is 1. The molecule has 1 aromatic rings. The Bertz CT molecular complexity index is 378. The second-order valence-electron chi connectivity index (χ2n) is 4.96. The Morgan fingerprint density at radius 2 is 1.76 bits per heavy atom. The molecule has 0 aliphatic heterocycles. The lowest BCUT2D eigenvalue weighted by atomic mass is 9.77.